The predicted molar refractivity (Wildman–Crippen MR) is 61.5 cm³/mol. The third-order valence-electron chi connectivity index (χ3n) is 2.45. The highest BCUT2D eigenvalue weighted by atomic mass is 16.4. The van der Waals surface area contributed by atoms with Crippen LogP contribution in [0.15, 0.2) is 24.3 Å². The van der Waals surface area contributed by atoms with Crippen LogP contribution in [-0.2, 0) is 16.0 Å². The number of hydrogen-bond acceptors (Lipinski definition) is 2. The molecule has 0 saturated heterocycles. The fourth-order valence-corrected chi connectivity index (χ4v) is 1.68. The van der Waals surface area contributed by atoms with Crippen LogP contribution in [-0.4, -0.2) is 16.9 Å². The predicted octanol–water partition coefficient (Wildman–Crippen LogP) is 2.40. The number of ketones is 1. The van der Waals surface area contributed by atoms with Gasteiger partial charge in [-0.15, -0.1) is 0 Å². The Morgan fingerprint density at radius 1 is 1.38 bits per heavy atom. The van der Waals surface area contributed by atoms with Gasteiger partial charge in [-0.1, -0.05) is 31.2 Å². The lowest BCUT2D eigenvalue weighted by Crippen LogP contribution is -2.04. The number of carbonyl (C=O) groups is 2. The molecule has 0 bridgehead atoms. The molecule has 0 spiro atoms. The SMILES string of the molecule is CC(=O)Cc1cccc(C(C)CC(=O)O)c1. The van der Waals surface area contributed by atoms with Crippen LogP contribution in [0.4, 0.5) is 0 Å². The van der Waals surface area contributed by atoms with Gasteiger partial charge in [-0.05, 0) is 24.0 Å². The van der Waals surface area contributed by atoms with Gasteiger partial charge in [0.15, 0.2) is 0 Å². The number of rotatable bonds is 5. The molecule has 16 heavy (non-hydrogen) atoms. The van der Waals surface area contributed by atoms with Crippen LogP contribution < -0.4 is 0 Å². The molecule has 1 N–H and O–H groups in total. The van der Waals surface area contributed by atoms with Crippen LogP contribution in [0.2, 0.25) is 0 Å². The molecular weight excluding hydrogens is 204 g/mol. The number of benzene rings is 1. The molecule has 1 aromatic carbocycles. The van der Waals surface area contributed by atoms with Crippen molar-refractivity contribution in [3.63, 3.8) is 0 Å². The van der Waals surface area contributed by atoms with Crippen LogP contribution in [0.1, 0.15) is 37.3 Å². The van der Waals surface area contributed by atoms with Crippen LogP contribution in [0.5, 0.6) is 0 Å². The average Bonchev–Trinajstić information content (AvgIpc) is 2.16. The summed E-state index contributed by atoms with van der Waals surface area (Å²) in [4.78, 5) is 21.6. The number of aliphatic carboxylic acids is 1. The van der Waals surface area contributed by atoms with Crippen LogP contribution in [0.3, 0.4) is 0 Å². The molecule has 0 heterocycles. The van der Waals surface area contributed by atoms with E-state index in [4.69, 9.17) is 5.11 Å². The molecule has 1 rings (SSSR count). The maximum absolute atomic E-state index is 11.0. The largest absolute Gasteiger partial charge is 0.481 e. The molecule has 0 saturated carbocycles. The third-order valence-corrected chi connectivity index (χ3v) is 2.45. The molecule has 0 aliphatic heterocycles. The summed E-state index contributed by atoms with van der Waals surface area (Å²) < 4.78 is 0. The first kappa shape index (κ1) is 12.4. The maximum atomic E-state index is 11.0. The smallest absolute Gasteiger partial charge is 0.303 e. The first-order valence-electron chi connectivity index (χ1n) is 5.29. The fourth-order valence-electron chi connectivity index (χ4n) is 1.68. The van der Waals surface area contributed by atoms with Crippen molar-refractivity contribution in [2.75, 3.05) is 0 Å². The van der Waals surface area contributed by atoms with Gasteiger partial charge in [0.05, 0.1) is 6.42 Å². The number of hydrogen-bond donors (Lipinski definition) is 1. The van der Waals surface area contributed by atoms with Crippen molar-refractivity contribution in [3.8, 4) is 0 Å². The standard InChI is InChI=1S/C13H16O3/c1-9(6-13(15)16)12-5-3-4-11(8-12)7-10(2)14/h3-5,8-9H,6-7H2,1-2H3,(H,15,16). The minimum Gasteiger partial charge on any atom is -0.481 e. The lowest BCUT2D eigenvalue weighted by Gasteiger charge is -2.10. The van der Waals surface area contributed by atoms with E-state index in [1.54, 1.807) is 6.92 Å². The second-order valence-electron chi connectivity index (χ2n) is 4.12. The molecule has 0 radical (unpaired) electrons. The van der Waals surface area contributed by atoms with Crippen molar-refractivity contribution in [3.05, 3.63) is 35.4 Å². The van der Waals surface area contributed by atoms with E-state index in [1.165, 1.54) is 0 Å². The van der Waals surface area contributed by atoms with Gasteiger partial charge < -0.3 is 5.11 Å². The second-order valence-corrected chi connectivity index (χ2v) is 4.12. The highest BCUT2D eigenvalue weighted by molar-refractivity contribution is 5.78. The second kappa shape index (κ2) is 5.45. The Hall–Kier alpha value is -1.64. The maximum Gasteiger partial charge on any atom is 0.303 e. The third kappa shape index (κ3) is 3.85. The highest BCUT2D eigenvalue weighted by Crippen LogP contribution is 2.20. The Bertz CT molecular complexity index is 396. The zero-order valence-electron chi connectivity index (χ0n) is 9.56. The van der Waals surface area contributed by atoms with Crippen molar-refractivity contribution in [2.24, 2.45) is 0 Å². The minimum atomic E-state index is -0.801. The van der Waals surface area contributed by atoms with E-state index in [-0.39, 0.29) is 18.1 Å². The summed E-state index contributed by atoms with van der Waals surface area (Å²) in [5.41, 5.74) is 1.92. The first-order chi connectivity index (χ1) is 7.49. The normalized spacial score (nSPS) is 12.1. The summed E-state index contributed by atoms with van der Waals surface area (Å²) in [6.45, 7) is 3.42. The Balaban J connectivity index is 2.80. The monoisotopic (exact) mass is 220 g/mol. The van der Waals surface area contributed by atoms with Gasteiger partial charge in [-0.3, -0.25) is 9.59 Å². The Morgan fingerprint density at radius 2 is 2.06 bits per heavy atom. The molecule has 3 heteroatoms. The fraction of sp³-hybridized carbons (Fsp3) is 0.385. The first-order valence-corrected chi connectivity index (χ1v) is 5.29. The zero-order valence-corrected chi connectivity index (χ0v) is 9.56. The number of carboxylic acid groups (broad SMARTS) is 1. The van der Waals surface area contributed by atoms with Gasteiger partial charge in [-0.25, -0.2) is 0 Å². The molecule has 86 valence electrons. The Labute approximate surface area is 95.1 Å². The van der Waals surface area contributed by atoms with Crippen molar-refractivity contribution in [1.29, 1.82) is 0 Å². The van der Waals surface area contributed by atoms with E-state index in [0.717, 1.165) is 11.1 Å². The van der Waals surface area contributed by atoms with Crippen molar-refractivity contribution < 1.29 is 14.7 Å². The molecule has 0 fully saturated rings. The molecular formula is C13H16O3. The molecule has 3 nitrogen and oxygen atoms in total. The highest BCUT2D eigenvalue weighted by Gasteiger charge is 2.10. The number of Topliss-reactive ketones (excluding diaryl/α,β-unsaturated/α-hetero) is 1. The van der Waals surface area contributed by atoms with Crippen molar-refractivity contribution in [2.45, 2.75) is 32.6 Å². The van der Waals surface area contributed by atoms with Crippen molar-refractivity contribution in [1.82, 2.24) is 0 Å². The zero-order chi connectivity index (χ0) is 12.1. The van der Waals surface area contributed by atoms with Gasteiger partial charge in [0.1, 0.15) is 5.78 Å². The van der Waals surface area contributed by atoms with Gasteiger partial charge in [-0.2, -0.15) is 0 Å². The molecule has 0 aliphatic rings. The van der Waals surface area contributed by atoms with E-state index >= 15 is 0 Å². The van der Waals surface area contributed by atoms with E-state index in [0.29, 0.717) is 6.42 Å². The van der Waals surface area contributed by atoms with Gasteiger partial charge >= 0.3 is 5.97 Å². The summed E-state index contributed by atoms with van der Waals surface area (Å²) in [6.07, 6.45) is 0.525. The topological polar surface area (TPSA) is 54.4 Å². The number of carbonyl (C=O) groups excluding carboxylic acids is 1. The van der Waals surface area contributed by atoms with Crippen LogP contribution in [0, 0.1) is 0 Å². The van der Waals surface area contributed by atoms with E-state index in [1.807, 2.05) is 31.2 Å². The quantitative estimate of drug-likeness (QED) is 0.829. The molecule has 1 unspecified atom stereocenters. The Kier molecular flexibility index (Phi) is 4.23. The summed E-state index contributed by atoms with van der Waals surface area (Å²) in [5, 5.41) is 8.71. The molecule has 0 amide bonds. The van der Waals surface area contributed by atoms with E-state index in [2.05, 4.69) is 0 Å². The molecule has 1 atom stereocenters. The lowest BCUT2D eigenvalue weighted by molar-refractivity contribution is -0.137. The van der Waals surface area contributed by atoms with Gasteiger partial charge in [0.2, 0.25) is 0 Å². The molecule has 0 aromatic heterocycles. The summed E-state index contributed by atoms with van der Waals surface area (Å²) in [6, 6.07) is 7.57. The van der Waals surface area contributed by atoms with Crippen LogP contribution in [0.25, 0.3) is 0 Å². The van der Waals surface area contributed by atoms with E-state index < -0.39 is 5.97 Å². The summed E-state index contributed by atoms with van der Waals surface area (Å²) in [5.74, 6) is -0.711. The van der Waals surface area contributed by atoms with Crippen LogP contribution >= 0.6 is 0 Å². The molecule has 0 aliphatic carbocycles. The summed E-state index contributed by atoms with van der Waals surface area (Å²) >= 11 is 0. The Morgan fingerprint density at radius 3 is 2.62 bits per heavy atom. The number of carboxylic acids is 1. The van der Waals surface area contributed by atoms with Gasteiger partial charge in [0, 0.05) is 6.42 Å². The summed E-state index contributed by atoms with van der Waals surface area (Å²) in [7, 11) is 0. The van der Waals surface area contributed by atoms with E-state index in [9.17, 15) is 9.59 Å². The minimum absolute atomic E-state index is 0.0237. The molecule has 1 aromatic rings. The van der Waals surface area contributed by atoms with Gasteiger partial charge in [0.25, 0.3) is 0 Å². The van der Waals surface area contributed by atoms with Crippen molar-refractivity contribution >= 4 is 11.8 Å². The lowest BCUT2D eigenvalue weighted by atomic mass is 9.95. The average molecular weight is 220 g/mol.